The second-order valence-electron chi connectivity index (χ2n) is 4.42. The molecule has 0 bridgehead atoms. The molecule has 5 heteroatoms. The van der Waals surface area contributed by atoms with Crippen molar-refractivity contribution in [2.24, 2.45) is 0 Å². The maximum atomic E-state index is 12.8. The first-order valence-corrected chi connectivity index (χ1v) is 5.73. The van der Waals surface area contributed by atoms with E-state index < -0.39 is 12.2 Å². The maximum Gasteiger partial charge on any atom is 0.407 e. The van der Waals surface area contributed by atoms with Crippen LogP contribution in [0.15, 0.2) is 18.2 Å². The largest absolute Gasteiger partial charge is 0.496 e. The minimum absolute atomic E-state index is 0.102. The molecule has 0 spiro atoms. The molecule has 1 unspecified atom stereocenters. The van der Waals surface area contributed by atoms with Crippen LogP contribution in [0.1, 0.15) is 36.9 Å². The van der Waals surface area contributed by atoms with Crippen LogP contribution < -0.4 is 10.1 Å². The Balaban J connectivity index is 3.22. The zero-order chi connectivity index (χ0) is 13.9. The van der Waals surface area contributed by atoms with Crippen molar-refractivity contribution in [3.8, 4) is 5.75 Å². The molecule has 0 amide bonds. The Bertz CT molecular complexity index is 402. The molecule has 18 heavy (non-hydrogen) atoms. The van der Waals surface area contributed by atoms with Crippen molar-refractivity contribution in [1.82, 2.24) is 5.32 Å². The molecule has 2 nitrogen and oxygen atoms in total. The van der Waals surface area contributed by atoms with Gasteiger partial charge in [-0.1, -0.05) is 19.9 Å². The van der Waals surface area contributed by atoms with Gasteiger partial charge < -0.3 is 10.1 Å². The van der Waals surface area contributed by atoms with Crippen LogP contribution in [0.3, 0.4) is 0 Å². The molecule has 1 aromatic carbocycles. The van der Waals surface area contributed by atoms with Gasteiger partial charge in [-0.05, 0) is 36.2 Å². The van der Waals surface area contributed by atoms with Gasteiger partial charge in [0.05, 0.1) is 7.11 Å². The number of methoxy groups -OCH3 is 1. The number of halogens is 3. The smallest absolute Gasteiger partial charge is 0.407 e. The van der Waals surface area contributed by atoms with Crippen LogP contribution in [0.5, 0.6) is 5.75 Å². The normalized spacial score (nSPS) is 13.8. The summed E-state index contributed by atoms with van der Waals surface area (Å²) in [6, 6.07) is 2.93. The molecule has 0 radical (unpaired) electrons. The number of alkyl halides is 3. The first kappa shape index (κ1) is 14.8. The molecule has 0 fully saturated rings. The summed E-state index contributed by atoms with van der Waals surface area (Å²) in [5.41, 5.74) is 0.981. The zero-order valence-corrected chi connectivity index (χ0v) is 10.9. The van der Waals surface area contributed by atoms with Gasteiger partial charge in [-0.2, -0.15) is 13.2 Å². The second-order valence-corrected chi connectivity index (χ2v) is 4.42. The van der Waals surface area contributed by atoms with E-state index in [1.807, 2.05) is 13.8 Å². The second kappa shape index (κ2) is 5.61. The molecule has 0 saturated carbocycles. The van der Waals surface area contributed by atoms with Crippen LogP contribution in [0.2, 0.25) is 0 Å². The monoisotopic (exact) mass is 261 g/mol. The minimum atomic E-state index is -4.31. The molecular weight excluding hydrogens is 243 g/mol. The van der Waals surface area contributed by atoms with Crippen molar-refractivity contribution in [1.29, 1.82) is 0 Å². The van der Waals surface area contributed by atoms with Crippen LogP contribution >= 0.6 is 0 Å². The van der Waals surface area contributed by atoms with Gasteiger partial charge in [-0.25, -0.2) is 0 Å². The van der Waals surface area contributed by atoms with Crippen molar-refractivity contribution in [3.05, 3.63) is 29.3 Å². The van der Waals surface area contributed by atoms with Crippen molar-refractivity contribution < 1.29 is 17.9 Å². The third-order valence-corrected chi connectivity index (χ3v) is 2.83. The Labute approximate surface area is 105 Å². The number of rotatable bonds is 4. The van der Waals surface area contributed by atoms with Gasteiger partial charge in [0.25, 0.3) is 0 Å². The lowest BCUT2D eigenvalue weighted by atomic mass is 9.96. The highest BCUT2D eigenvalue weighted by molar-refractivity contribution is 5.40. The average molecular weight is 261 g/mol. The SMILES string of the molecule is CNC(c1ccc(OC)c(C(C)C)c1)C(F)(F)F. The Morgan fingerprint density at radius 2 is 1.83 bits per heavy atom. The van der Waals surface area contributed by atoms with Crippen LogP contribution in [-0.2, 0) is 0 Å². The van der Waals surface area contributed by atoms with Crippen molar-refractivity contribution in [2.45, 2.75) is 32.0 Å². The highest BCUT2D eigenvalue weighted by Gasteiger charge is 2.39. The van der Waals surface area contributed by atoms with E-state index in [0.717, 1.165) is 5.56 Å². The minimum Gasteiger partial charge on any atom is -0.496 e. The van der Waals surface area contributed by atoms with Gasteiger partial charge in [0.2, 0.25) is 0 Å². The van der Waals surface area contributed by atoms with E-state index in [1.54, 1.807) is 12.1 Å². The van der Waals surface area contributed by atoms with Crippen LogP contribution in [-0.4, -0.2) is 20.3 Å². The molecular formula is C13H18F3NO. The summed E-state index contributed by atoms with van der Waals surface area (Å²) in [4.78, 5) is 0. The van der Waals surface area contributed by atoms with E-state index >= 15 is 0 Å². The van der Waals surface area contributed by atoms with Gasteiger partial charge in [0.1, 0.15) is 11.8 Å². The Morgan fingerprint density at radius 1 is 1.22 bits per heavy atom. The summed E-state index contributed by atoms with van der Waals surface area (Å²) in [6.45, 7) is 3.84. The van der Waals surface area contributed by atoms with Gasteiger partial charge in [0, 0.05) is 0 Å². The molecule has 0 aliphatic heterocycles. The number of hydrogen-bond donors (Lipinski definition) is 1. The van der Waals surface area contributed by atoms with Gasteiger partial charge in [-0.15, -0.1) is 0 Å². The van der Waals surface area contributed by atoms with E-state index in [9.17, 15) is 13.2 Å². The van der Waals surface area contributed by atoms with Crippen molar-refractivity contribution in [3.63, 3.8) is 0 Å². The fourth-order valence-corrected chi connectivity index (χ4v) is 1.90. The van der Waals surface area contributed by atoms with Gasteiger partial charge >= 0.3 is 6.18 Å². The number of benzene rings is 1. The lowest BCUT2D eigenvalue weighted by Gasteiger charge is -2.22. The van der Waals surface area contributed by atoms with E-state index in [0.29, 0.717) is 5.75 Å². The fraction of sp³-hybridized carbons (Fsp3) is 0.538. The average Bonchev–Trinajstić information content (AvgIpc) is 2.27. The van der Waals surface area contributed by atoms with Crippen LogP contribution in [0, 0.1) is 0 Å². The molecule has 0 heterocycles. The van der Waals surface area contributed by atoms with E-state index in [2.05, 4.69) is 5.32 Å². The Hall–Kier alpha value is -1.23. The highest BCUT2D eigenvalue weighted by atomic mass is 19.4. The molecule has 1 atom stereocenters. The summed E-state index contributed by atoms with van der Waals surface area (Å²) in [5.74, 6) is 0.719. The summed E-state index contributed by atoms with van der Waals surface area (Å²) in [5, 5.41) is 2.30. The molecule has 0 aliphatic rings. The van der Waals surface area contributed by atoms with Gasteiger partial charge in [-0.3, -0.25) is 0 Å². The predicted molar refractivity (Wildman–Crippen MR) is 64.9 cm³/mol. The Kier molecular flexibility index (Phi) is 4.62. The first-order chi connectivity index (χ1) is 8.31. The standard InChI is InChI=1S/C13H18F3NO/c1-8(2)10-7-9(5-6-11(10)18-4)12(17-3)13(14,15)16/h5-8,12,17H,1-4H3. The number of hydrogen-bond acceptors (Lipinski definition) is 2. The van der Waals surface area contributed by atoms with E-state index in [-0.39, 0.29) is 11.5 Å². The molecule has 0 aromatic heterocycles. The summed E-state index contributed by atoms with van der Waals surface area (Å²) < 4.78 is 43.6. The summed E-state index contributed by atoms with van der Waals surface area (Å²) in [7, 11) is 2.82. The van der Waals surface area contributed by atoms with Crippen LogP contribution in [0.4, 0.5) is 13.2 Å². The number of nitrogens with one attached hydrogen (secondary N) is 1. The third kappa shape index (κ3) is 3.16. The third-order valence-electron chi connectivity index (χ3n) is 2.83. The molecule has 102 valence electrons. The molecule has 0 aliphatic carbocycles. The lowest BCUT2D eigenvalue weighted by molar-refractivity contribution is -0.156. The molecule has 1 rings (SSSR count). The van der Waals surface area contributed by atoms with Crippen LogP contribution in [0.25, 0.3) is 0 Å². The van der Waals surface area contributed by atoms with Crippen molar-refractivity contribution >= 4 is 0 Å². The molecule has 1 aromatic rings. The number of ether oxygens (including phenoxy) is 1. The summed E-state index contributed by atoms with van der Waals surface area (Å²) in [6.07, 6.45) is -4.31. The van der Waals surface area contributed by atoms with Gasteiger partial charge in [0.15, 0.2) is 0 Å². The first-order valence-electron chi connectivity index (χ1n) is 5.73. The fourth-order valence-electron chi connectivity index (χ4n) is 1.90. The Morgan fingerprint density at radius 3 is 2.22 bits per heavy atom. The predicted octanol–water partition coefficient (Wildman–Crippen LogP) is 3.64. The zero-order valence-electron chi connectivity index (χ0n) is 10.9. The quantitative estimate of drug-likeness (QED) is 0.893. The van der Waals surface area contributed by atoms with E-state index in [1.165, 1.54) is 20.2 Å². The summed E-state index contributed by atoms with van der Waals surface area (Å²) >= 11 is 0. The van der Waals surface area contributed by atoms with E-state index in [4.69, 9.17) is 4.74 Å². The molecule has 0 saturated heterocycles. The highest BCUT2D eigenvalue weighted by Crippen LogP contribution is 2.36. The topological polar surface area (TPSA) is 21.3 Å². The maximum absolute atomic E-state index is 12.8. The van der Waals surface area contributed by atoms with Crippen molar-refractivity contribution in [2.75, 3.05) is 14.2 Å². The molecule has 1 N–H and O–H groups in total. The lowest BCUT2D eigenvalue weighted by Crippen LogP contribution is -2.31.